The third-order valence-corrected chi connectivity index (χ3v) is 0.333. The summed E-state index contributed by atoms with van der Waals surface area (Å²) in [6.07, 6.45) is 0. The van der Waals surface area contributed by atoms with E-state index in [0.717, 1.165) is 0 Å². The van der Waals surface area contributed by atoms with Gasteiger partial charge in [-0.05, 0) is 0 Å². The van der Waals surface area contributed by atoms with Gasteiger partial charge in [0.15, 0.2) is 0 Å². The Bertz CT molecular complexity index is 71.5. The first-order valence-corrected chi connectivity index (χ1v) is 1.40. The molecule has 2 heteroatoms. The van der Waals surface area contributed by atoms with Gasteiger partial charge in [-0.3, -0.25) is 0 Å². The number of aliphatic hydroxyl groups is 2. The van der Waals surface area contributed by atoms with Gasteiger partial charge in [-0.25, -0.2) is 0 Å². The van der Waals surface area contributed by atoms with Crippen molar-refractivity contribution in [1.82, 2.24) is 0 Å². The van der Waals surface area contributed by atoms with Gasteiger partial charge in [0.25, 0.3) is 0 Å². The van der Waals surface area contributed by atoms with Crippen LogP contribution in [-0.4, -0.2) is 10.2 Å². The van der Waals surface area contributed by atoms with E-state index < -0.39 is 0 Å². The zero-order valence-corrected chi connectivity index (χ0v) is 3.31. The lowest BCUT2D eigenvalue weighted by Crippen LogP contribution is -1.78. The molecule has 0 bridgehead atoms. The minimum Gasteiger partial charge on any atom is -0.505 e. The molecule has 0 radical (unpaired) electrons. The van der Waals surface area contributed by atoms with Gasteiger partial charge in [0.1, 0.15) is 11.5 Å². The van der Waals surface area contributed by atoms with Crippen LogP contribution in [0, 0.1) is 0 Å². The van der Waals surface area contributed by atoms with Gasteiger partial charge in [0.05, 0.1) is 0 Å². The molecule has 0 aliphatic rings. The molecular weight excluding hydrogens is 80.0 g/mol. The first-order valence-electron chi connectivity index (χ1n) is 1.40. The van der Waals surface area contributed by atoms with Crippen LogP contribution in [0.5, 0.6) is 0 Å². The van der Waals surface area contributed by atoms with Crippen LogP contribution in [0.1, 0.15) is 0 Å². The summed E-state index contributed by atoms with van der Waals surface area (Å²) in [5.74, 6) is -0.759. The van der Waals surface area contributed by atoms with Crippen LogP contribution in [0.3, 0.4) is 0 Å². The second-order valence-electron chi connectivity index (χ2n) is 0.893. The average Bonchev–Trinajstić information content (AvgIpc) is 1.36. The van der Waals surface area contributed by atoms with Crippen molar-refractivity contribution in [1.29, 1.82) is 0 Å². The summed E-state index contributed by atoms with van der Waals surface area (Å²) in [5.41, 5.74) is 0. The number of rotatable bonds is 1. The second-order valence-corrected chi connectivity index (χ2v) is 0.893. The molecular formula is C4H6O2. The van der Waals surface area contributed by atoms with Gasteiger partial charge in [0, 0.05) is 0 Å². The fourth-order valence-corrected chi connectivity index (χ4v) is 0. The number of hydrogen-bond acceptors (Lipinski definition) is 2. The first-order chi connectivity index (χ1) is 2.64. The lowest BCUT2D eigenvalue weighted by Gasteiger charge is -1.86. The van der Waals surface area contributed by atoms with Crippen molar-refractivity contribution >= 4 is 0 Å². The molecule has 0 rings (SSSR count). The molecule has 0 aromatic heterocycles. The van der Waals surface area contributed by atoms with Crippen molar-refractivity contribution in [3.05, 3.63) is 24.7 Å². The average molecular weight is 86.1 g/mol. The van der Waals surface area contributed by atoms with Crippen LogP contribution in [-0.2, 0) is 0 Å². The molecule has 6 heavy (non-hydrogen) atoms. The Morgan fingerprint density at radius 1 is 1.00 bits per heavy atom. The van der Waals surface area contributed by atoms with Crippen LogP contribution in [0.15, 0.2) is 24.7 Å². The summed E-state index contributed by atoms with van der Waals surface area (Å²) in [4.78, 5) is 0. The monoisotopic (exact) mass is 86.0 g/mol. The number of hydrogen-bond donors (Lipinski definition) is 2. The molecule has 0 heterocycles. The smallest absolute Gasteiger partial charge is 0.149 e. The Morgan fingerprint density at radius 3 is 1.17 bits per heavy atom. The Balaban J connectivity index is 3.57. The minimum absolute atomic E-state index is 0.380. The Labute approximate surface area is 36.0 Å². The Kier molecular flexibility index (Phi) is 1.27. The number of aliphatic hydroxyl groups excluding tert-OH is 2. The highest BCUT2D eigenvalue weighted by molar-refractivity contribution is 5.07. The molecule has 2 N–H and O–H groups in total. The first kappa shape index (κ1) is 5.08. The Hall–Kier alpha value is -0.920. The van der Waals surface area contributed by atoms with E-state index in [1.54, 1.807) is 0 Å². The summed E-state index contributed by atoms with van der Waals surface area (Å²) >= 11 is 0. The largest absolute Gasteiger partial charge is 0.505 e. The van der Waals surface area contributed by atoms with E-state index in [0.29, 0.717) is 0 Å². The molecule has 0 aromatic carbocycles. The third kappa shape index (κ3) is 1.40. The molecule has 0 aromatic rings. The summed E-state index contributed by atoms with van der Waals surface area (Å²) in [6, 6.07) is 0. The second kappa shape index (κ2) is 1.50. The van der Waals surface area contributed by atoms with E-state index in [1.165, 1.54) is 0 Å². The zero-order chi connectivity index (χ0) is 5.15. The van der Waals surface area contributed by atoms with Crippen molar-refractivity contribution < 1.29 is 10.2 Å². The predicted octanol–water partition coefficient (Wildman–Crippen LogP) is 1.13. The summed E-state index contributed by atoms with van der Waals surface area (Å²) < 4.78 is 0. The van der Waals surface area contributed by atoms with Crippen LogP contribution >= 0.6 is 0 Å². The van der Waals surface area contributed by atoms with Crippen LogP contribution in [0.4, 0.5) is 0 Å². The molecule has 34 valence electrons. The molecule has 0 spiro atoms. The lowest BCUT2D eigenvalue weighted by atomic mass is 10.5. The normalized spacial score (nSPS) is 7.33. The highest BCUT2D eigenvalue weighted by Crippen LogP contribution is 1.90. The minimum atomic E-state index is -0.380. The maximum absolute atomic E-state index is 8.09. The van der Waals surface area contributed by atoms with Gasteiger partial charge in [-0.15, -0.1) is 0 Å². The van der Waals surface area contributed by atoms with E-state index in [9.17, 15) is 0 Å². The topological polar surface area (TPSA) is 40.5 Å². The molecule has 0 saturated carbocycles. The summed E-state index contributed by atoms with van der Waals surface area (Å²) in [5, 5.41) is 16.2. The molecule has 0 unspecified atom stereocenters. The third-order valence-electron chi connectivity index (χ3n) is 0.333. The van der Waals surface area contributed by atoms with Gasteiger partial charge in [-0.1, -0.05) is 13.2 Å². The maximum Gasteiger partial charge on any atom is 0.149 e. The van der Waals surface area contributed by atoms with E-state index >= 15 is 0 Å². The molecule has 0 amide bonds. The van der Waals surface area contributed by atoms with Crippen LogP contribution in [0.2, 0.25) is 0 Å². The van der Waals surface area contributed by atoms with E-state index in [2.05, 4.69) is 13.2 Å². The van der Waals surface area contributed by atoms with E-state index in [-0.39, 0.29) is 11.5 Å². The molecule has 0 aliphatic heterocycles. The standard InChI is InChI=1S/C4H6O2/c1-3(5)4(2)6/h5-6H,1-2H2. The highest BCUT2D eigenvalue weighted by atomic mass is 16.3. The Morgan fingerprint density at radius 2 is 1.17 bits per heavy atom. The molecule has 0 saturated heterocycles. The van der Waals surface area contributed by atoms with Gasteiger partial charge >= 0.3 is 0 Å². The zero-order valence-electron chi connectivity index (χ0n) is 3.31. The van der Waals surface area contributed by atoms with Crippen molar-refractivity contribution in [2.45, 2.75) is 0 Å². The predicted molar refractivity (Wildman–Crippen MR) is 23.5 cm³/mol. The van der Waals surface area contributed by atoms with Crippen molar-refractivity contribution in [2.75, 3.05) is 0 Å². The fraction of sp³-hybridized carbons (Fsp3) is 0. The van der Waals surface area contributed by atoms with Crippen molar-refractivity contribution in [2.24, 2.45) is 0 Å². The molecule has 0 atom stereocenters. The van der Waals surface area contributed by atoms with Crippen LogP contribution < -0.4 is 0 Å². The van der Waals surface area contributed by atoms with E-state index in [1.807, 2.05) is 0 Å². The quantitative estimate of drug-likeness (QED) is 0.371. The molecule has 0 fully saturated rings. The molecule has 0 aliphatic carbocycles. The van der Waals surface area contributed by atoms with E-state index in [4.69, 9.17) is 10.2 Å². The van der Waals surface area contributed by atoms with Gasteiger partial charge in [0.2, 0.25) is 0 Å². The summed E-state index contributed by atoms with van der Waals surface area (Å²) in [7, 11) is 0. The van der Waals surface area contributed by atoms with Crippen molar-refractivity contribution in [3.8, 4) is 0 Å². The van der Waals surface area contributed by atoms with Crippen molar-refractivity contribution in [3.63, 3.8) is 0 Å². The SMILES string of the molecule is C=C(O)C(=C)O. The van der Waals surface area contributed by atoms with Gasteiger partial charge in [-0.2, -0.15) is 0 Å². The fourth-order valence-electron chi connectivity index (χ4n) is 0. The van der Waals surface area contributed by atoms with Gasteiger partial charge < -0.3 is 10.2 Å². The summed E-state index contributed by atoms with van der Waals surface area (Å²) in [6.45, 7) is 5.92. The lowest BCUT2D eigenvalue weighted by molar-refractivity contribution is 0.330. The highest BCUT2D eigenvalue weighted by Gasteiger charge is 1.84. The molecule has 2 nitrogen and oxygen atoms in total. The maximum atomic E-state index is 8.09. The van der Waals surface area contributed by atoms with Crippen LogP contribution in [0.25, 0.3) is 0 Å².